The minimum atomic E-state index is -0.160. The number of carbonyl (C=O) groups excluding carboxylic acids is 1. The zero-order chi connectivity index (χ0) is 11.5. The van der Waals surface area contributed by atoms with Crippen molar-refractivity contribution in [3.05, 3.63) is 28.8 Å². The first-order valence-electron chi connectivity index (χ1n) is 5.46. The van der Waals surface area contributed by atoms with Crippen molar-refractivity contribution in [3.8, 4) is 0 Å². The van der Waals surface area contributed by atoms with E-state index in [-0.39, 0.29) is 6.03 Å². The van der Waals surface area contributed by atoms with Crippen molar-refractivity contribution in [2.24, 2.45) is 5.92 Å². The maximum atomic E-state index is 11.5. The van der Waals surface area contributed by atoms with E-state index in [2.05, 4.69) is 10.6 Å². The highest BCUT2D eigenvalue weighted by Gasteiger charge is 2.21. The molecule has 1 aliphatic carbocycles. The quantitative estimate of drug-likeness (QED) is 0.834. The molecule has 1 saturated carbocycles. The van der Waals surface area contributed by atoms with Crippen molar-refractivity contribution in [2.45, 2.75) is 19.8 Å². The molecule has 0 aromatic heterocycles. The third-order valence-corrected chi connectivity index (χ3v) is 3.09. The molecule has 2 rings (SSSR count). The molecule has 4 heteroatoms. The summed E-state index contributed by atoms with van der Waals surface area (Å²) in [7, 11) is 0. The topological polar surface area (TPSA) is 41.1 Å². The molecule has 1 aromatic rings. The van der Waals surface area contributed by atoms with Crippen molar-refractivity contribution < 1.29 is 4.79 Å². The molecular formula is C12H15ClN2O. The molecule has 1 aliphatic rings. The van der Waals surface area contributed by atoms with Gasteiger partial charge in [0.2, 0.25) is 0 Å². The van der Waals surface area contributed by atoms with Crippen LogP contribution in [0.15, 0.2) is 18.2 Å². The lowest BCUT2D eigenvalue weighted by Crippen LogP contribution is -2.30. The van der Waals surface area contributed by atoms with Crippen LogP contribution in [0.2, 0.25) is 5.02 Å². The van der Waals surface area contributed by atoms with Gasteiger partial charge in [0.1, 0.15) is 0 Å². The van der Waals surface area contributed by atoms with E-state index < -0.39 is 0 Å². The zero-order valence-electron chi connectivity index (χ0n) is 9.22. The maximum Gasteiger partial charge on any atom is 0.319 e. The highest BCUT2D eigenvalue weighted by Crippen LogP contribution is 2.27. The summed E-state index contributed by atoms with van der Waals surface area (Å²) in [4.78, 5) is 11.5. The van der Waals surface area contributed by atoms with Crippen molar-refractivity contribution >= 4 is 23.3 Å². The number of hydrogen-bond donors (Lipinski definition) is 2. The summed E-state index contributed by atoms with van der Waals surface area (Å²) in [5, 5.41) is 6.26. The van der Waals surface area contributed by atoms with Gasteiger partial charge >= 0.3 is 6.03 Å². The summed E-state index contributed by atoms with van der Waals surface area (Å²) in [6, 6.07) is 5.33. The van der Waals surface area contributed by atoms with Gasteiger partial charge in [0.15, 0.2) is 0 Å². The number of rotatable bonds is 3. The first-order valence-corrected chi connectivity index (χ1v) is 5.84. The molecule has 0 spiro atoms. The smallest absolute Gasteiger partial charge is 0.319 e. The standard InChI is InChI=1S/C12H15ClN2O/c1-8-2-5-10(6-11(8)13)15-12(16)14-7-9-3-4-9/h2,5-6,9H,3-4,7H2,1H3,(H2,14,15,16). The lowest BCUT2D eigenvalue weighted by atomic mass is 10.2. The van der Waals surface area contributed by atoms with Crippen LogP contribution in [0.1, 0.15) is 18.4 Å². The minimum Gasteiger partial charge on any atom is -0.338 e. The average molecular weight is 239 g/mol. The largest absolute Gasteiger partial charge is 0.338 e. The minimum absolute atomic E-state index is 0.160. The lowest BCUT2D eigenvalue weighted by Gasteiger charge is -2.08. The van der Waals surface area contributed by atoms with Crippen molar-refractivity contribution in [2.75, 3.05) is 11.9 Å². The Morgan fingerprint density at radius 3 is 2.88 bits per heavy atom. The van der Waals surface area contributed by atoms with E-state index in [1.54, 1.807) is 6.07 Å². The van der Waals surface area contributed by atoms with Crippen molar-refractivity contribution in [1.82, 2.24) is 5.32 Å². The van der Waals surface area contributed by atoms with Gasteiger partial charge in [-0.1, -0.05) is 17.7 Å². The van der Waals surface area contributed by atoms with Gasteiger partial charge in [-0.25, -0.2) is 4.79 Å². The number of carbonyl (C=O) groups is 1. The molecule has 2 amide bonds. The van der Waals surface area contributed by atoms with E-state index >= 15 is 0 Å². The van der Waals surface area contributed by atoms with Crippen LogP contribution < -0.4 is 10.6 Å². The number of nitrogens with one attached hydrogen (secondary N) is 2. The molecule has 1 aromatic carbocycles. The SMILES string of the molecule is Cc1ccc(NC(=O)NCC2CC2)cc1Cl. The van der Waals surface area contributed by atoms with Crippen LogP contribution >= 0.6 is 11.6 Å². The van der Waals surface area contributed by atoms with Gasteiger partial charge in [-0.15, -0.1) is 0 Å². The maximum absolute atomic E-state index is 11.5. The molecule has 86 valence electrons. The molecule has 0 atom stereocenters. The van der Waals surface area contributed by atoms with Gasteiger partial charge < -0.3 is 10.6 Å². The van der Waals surface area contributed by atoms with Crippen molar-refractivity contribution in [3.63, 3.8) is 0 Å². The Morgan fingerprint density at radius 1 is 1.50 bits per heavy atom. The Balaban J connectivity index is 1.86. The molecule has 2 N–H and O–H groups in total. The average Bonchev–Trinajstić information content (AvgIpc) is 3.04. The van der Waals surface area contributed by atoms with Crippen LogP contribution in [-0.2, 0) is 0 Å². The lowest BCUT2D eigenvalue weighted by molar-refractivity contribution is 0.251. The number of amides is 2. The first kappa shape index (κ1) is 11.3. The zero-order valence-corrected chi connectivity index (χ0v) is 9.97. The van der Waals surface area contributed by atoms with E-state index in [0.29, 0.717) is 10.9 Å². The van der Waals surface area contributed by atoms with E-state index in [1.165, 1.54) is 12.8 Å². The summed E-state index contributed by atoms with van der Waals surface area (Å²) >= 11 is 5.96. The second-order valence-electron chi connectivity index (χ2n) is 4.24. The molecule has 0 aliphatic heterocycles. The number of aryl methyl sites for hydroxylation is 1. The second kappa shape index (κ2) is 4.74. The van der Waals surface area contributed by atoms with Gasteiger partial charge in [-0.2, -0.15) is 0 Å². The predicted octanol–water partition coefficient (Wildman–Crippen LogP) is 3.18. The van der Waals surface area contributed by atoms with Gasteiger partial charge in [-0.3, -0.25) is 0 Å². The fourth-order valence-corrected chi connectivity index (χ4v) is 1.59. The third kappa shape index (κ3) is 3.14. The van der Waals surface area contributed by atoms with Crippen LogP contribution in [0, 0.1) is 12.8 Å². The van der Waals surface area contributed by atoms with Crippen molar-refractivity contribution in [1.29, 1.82) is 0 Å². The predicted molar refractivity (Wildman–Crippen MR) is 65.9 cm³/mol. The summed E-state index contributed by atoms with van der Waals surface area (Å²) in [6.45, 7) is 2.70. The fraction of sp³-hybridized carbons (Fsp3) is 0.417. The molecule has 16 heavy (non-hydrogen) atoms. The molecular weight excluding hydrogens is 224 g/mol. The Labute approximate surface area is 100 Å². The Hall–Kier alpha value is -1.22. The molecule has 0 saturated heterocycles. The van der Waals surface area contributed by atoms with Gasteiger partial charge in [0.25, 0.3) is 0 Å². The number of anilines is 1. The van der Waals surface area contributed by atoms with E-state index in [9.17, 15) is 4.79 Å². The van der Waals surface area contributed by atoms with Crippen LogP contribution in [0.25, 0.3) is 0 Å². The summed E-state index contributed by atoms with van der Waals surface area (Å²) in [5.41, 5.74) is 1.73. The third-order valence-electron chi connectivity index (χ3n) is 2.68. The highest BCUT2D eigenvalue weighted by atomic mass is 35.5. The van der Waals surface area contributed by atoms with E-state index in [1.807, 2.05) is 19.1 Å². The Morgan fingerprint density at radius 2 is 2.25 bits per heavy atom. The second-order valence-corrected chi connectivity index (χ2v) is 4.65. The summed E-state index contributed by atoms with van der Waals surface area (Å²) in [5.74, 6) is 0.687. The van der Waals surface area contributed by atoms with Gasteiger partial charge in [0.05, 0.1) is 0 Å². The number of hydrogen-bond acceptors (Lipinski definition) is 1. The number of urea groups is 1. The van der Waals surface area contributed by atoms with Crippen LogP contribution in [0.3, 0.4) is 0 Å². The molecule has 0 radical (unpaired) electrons. The Bertz CT molecular complexity index is 402. The van der Waals surface area contributed by atoms with Crippen LogP contribution in [0.5, 0.6) is 0 Å². The molecule has 1 fully saturated rings. The van der Waals surface area contributed by atoms with Crippen LogP contribution in [-0.4, -0.2) is 12.6 Å². The molecule has 0 heterocycles. The highest BCUT2D eigenvalue weighted by molar-refractivity contribution is 6.31. The molecule has 0 unspecified atom stereocenters. The van der Waals surface area contributed by atoms with E-state index in [0.717, 1.165) is 17.8 Å². The first-order chi connectivity index (χ1) is 7.65. The summed E-state index contributed by atoms with van der Waals surface area (Å²) in [6.07, 6.45) is 2.47. The number of halogens is 1. The monoisotopic (exact) mass is 238 g/mol. The molecule has 3 nitrogen and oxygen atoms in total. The van der Waals surface area contributed by atoms with Gasteiger partial charge in [0, 0.05) is 17.3 Å². The Kier molecular flexibility index (Phi) is 3.34. The van der Waals surface area contributed by atoms with Gasteiger partial charge in [-0.05, 0) is 43.4 Å². The molecule has 0 bridgehead atoms. The normalized spacial score (nSPS) is 14.6. The summed E-state index contributed by atoms with van der Waals surface area (Å²) < 4.78 is 0. The number of benzene rings is 1. The fourth-order valence-electron chi connectivity index (χ4n) is 1.40. The van der Waals surface area contributed by atoms with Crippen LogP contribution in [0.4, 0.5) is 10.5 Å². The van der Waals surface area contributed by atoms with E-state index in [4.69, 9.17) is 11.6 Å².